The average Bonchev–Trinajstić information content (AvgIpc) is 2.60. The summed E-state index contributed by atoms with van der Waals surface area (Å²) in [5.74, 6) is 0.403. The second-order valence-electron chi connectivity index (χ2n) is 5.76. The molecule has 1 atom stereocenters. The number of fused-ring (bicyclic) bond motifs is 1. The molecule has 5 heteroatoms. The maximum atomic E-state index is 12.2. The van der Waals surface area contributed by atoms with Crippen LogP contribution in [0.2, 0.25) is 5.02 Å². The molecule has 3 rings (SSSR count). The Morgan fingerprint density at radius 2 is 1.88 bits per heavy atom. The molecule has 1 N–H and O–H groups in total. The van der Waals surface area contributed by atoms with Crippen molar-refractivity contribution in [2.45, 2.75) is 13.0 Å². The Labute approximate surface area is 160 Å². The van der Waals surface area contributed by atoms with Crippen LogP contribution in [0.1, 0.15) is 18.5 Å². The summed E-state index contributed by atoms with van der Waals surface area (Å²) in [4.78, 5) is 12.2. The number of halogens is 2. The van der Waals surface area contributed by atoms with Crippen LogP contribution in [-0.2, 0) is 4.79 Å². The summed E-state index contributed by atoms with van der Waals surface area (Å²) < 4.78 is 6.26. The molecule has 0 heterocycles. The lowest BCUT2D eigenvalue weighted by Gasteiger charge is -2.16. The van der Waals surface area contributed by atoms with E-state index in [2.05, 4.69) is 45.5 Å². The zero-order valence-corrected chi connectivity index (χ0v) is 16.0. The number of hydrogen-bond donors (Lipinski definition) is 1. The van der Waals surface area contributed by atoms with Gasteiger partial charge in [-0.1, -0.05) is 48.0 Å². The van der Waals surface area contributed by atoms with Crippen LogP contribution in [0.4, 0.5) is 0 Å². The summed E-state index contributed by atoms with van der Waals surface area (Å²) in [6, 6.07) is 19.4. The van der Waals surface area contributed by atoms with Gasteiger partial charge in [0.05, 0.1) is 10.5 Å². The lowest BCUT2D eigenvalue weighted by molar-refractivity contribution is -0.123. The Kier molecular flexibility index (Phi) is 5.61. The van der Waals surface area contributed by atoms with Gasteiger partial charge in [-0.2, -0.15) is 0 Å². The van der Waals surface area contributed by atoms with Crippen molar-refractivity contribution in [3.8, 4) is 5.75 Å². The summed E-state index contributed by atoms with van der Waals surface area (Å²) >= 11 is 9.26. The van der Waals surface area contributed by atoms with Gasteiger partial charge in [-0.05, 0) is 63.5 Å². The maximum Gasteiger partial charge on any atom is 0.258 e. The van der Waals surface area contributed by atoms with Crippen LogP contribution in [0.3, 0.4) is 0 Å². The van der Waals surface area contributed by atoms with E-state index in [4.69, 9.17) is 16.3 Å². The van der Waals surface area contributed by atoms with Crippen LogP contribution < -0.4 is 10.1 Å². The second-order valence-corrected chi connectivity index (χ2v) is 7.05. The van der Waals surface area contributed by atoms with Crippen LogP contribution in [0.15, 0.2) is 65.1 Å². The van der Waals surface area contributed by atoms with Crippen LogP contribution >= 0.6 is 27.5 Å². The van der Waals surface area contributed by atoms with Gasteiger partial charge in [-0.3, -0.25) is 4.79 Å². The van der Waals surface area contributed by atoms with Crippen molar-refractivity contribution in [2.75, 3.05) is 6.61 Å². The van der Waals surface area contributed by atoms with E-state index in [-0.39, 0.29) is 18.6 Å². The molecular weight excluding hydrogens is 402 g/mol. The summed E-state index contributed by atoms with van der Waals surface area (Å²) in [5.41, 5.74) is 1.06. The first-order valence-corrected chi connectivity index (χ1v) is 9.06. The van der Waals surface area contributed by atoms with E-state index in [0.717, 1.165) is 15.4 Å². The molecule has 0 saturated heterocycles. The third kappa shape index (κ3) is 4.53. The van der Waals surface area contributed by atoms with Gasteiger partial charge in [-0.25, -0.2) is 0 Å². The number of carbonyl (C=O) groups excluding carboxylic acids is 1. The molecule has 25 heavy (non-hydrogen) atoms. The predicted octanol–water partition coefficient (Wildman–Crippen LogP) is 5.51. The minimum Gasteiger partial charge on any atom is -0.483 e. The van der Waals surface area contributed by atoms with Gasteiger partial charge >= 0.3 is 0 Å². The Hall–Kier alpha value is -2.04. The maximum absolute atomic E-state index is 12.2. The molecule has 128 valence electrons. The van der Waals surface area contributed by atoms with E-state index in [1.807, 2.05) is 25.1 Å². The highest BCUT2D eigenvalue weighted by Crippen LogP contribution is 2.28. The van der Waals surface area contributed by atoms with Gasteiger partial charge in [0.25, 0.3) is 5.91 Å². The molecule has 0 bridgehead atoms. The fourth-order valence-corrected chi connectivity index (χ4v) is 3.38. The quantitative estimate of drug-likeness (QED) is 0.593. The highest BCUT2D eigenvalue weighted by atomic mass is 79.9. The normalized spacial score (nSPS) is 12.0. The van der Waals surface area contributed by atoms with Gasteiger partial charge in [0.2, 0.25) is 0 Å². The van der Waals surface area contributed by atoms with Crippen molar-refractivity contribution in [2.24, 2.45) is 0 Å². The van der Waals surface area contributed by atoms with Gasteiger partial charge < -0.3 is 10.1 Å². The van der Waals surface area contributed by atoms with Crippen molar-refractivity contribution in [1.82, 2.24) is 5.32 Å². The van der Waals surface area contributed by atoms with Gasteiger partial charge in [0, 0.05) is 5.02 Å². The van der Waals surface area contributed by atoms with Crippen molar-refractivity contribution in [3.05, 3.63) is 75.7 Å². The van der Waals surface area contributed by atoms with E-state index in [9.17, 15) is 4.79 Å². The molecule has 0 aliphatic heterocycles. The Morgan fingerprint density at radius 3 is 2.64 bits per heavy atom. The predicted molar refractivity (Wildman–Crippen MR) is 105 cm³/mol. The van der Waals surface area contributed by atoms with Crippen molar-refractivity contribution < 1.29 is 9.53 Å². The van der Waals surface area contributed by atoms with E-state index in [0.29, 0.717) is 10.8 Å². The van der Waals surface area contributed by atoms with Gasteiger partial charge in [-0.15, -0.1) is 0 Å². The largest absolute Gasteiger partial charge is 0.483 e. The molecule has 0 spiro atoms. The van der Waals surface area contributed by atoms with E-state index in [1.54, 1.807) is 18.2 Å². The first kappa shape index (κ1) is 17.8. The zero-order valence-electron chi connectivity index (χ0n) is 13.6. The number of ether oxygens (including phenoxy) is 1. The first-order chi connectivity index (χ1) is 12.0. The molecule has 0 aromatic heterocycles. The minimum atomic E-state index is -0.178. The zero-order chi connectivity index (χ0) is 17.8. The highest BCUT2D eigenvalue weighted by molar-refractivity contribution is 9.10. The number of rotatable bonds is 5. The molecule has 0 saturated carbocycles. The summed E-state index contributed by atoms with van der Waals surface area (Å²) in [6.45, 7) is 1.90. The molecule has 1 unspecified atom stereocenters. The molecule has 3 aromatic carbocycles. The van der Waals surface area contributed by atoms with Crippen LogP contribution in [0.5, 0.6) is 5.75 Å². The molecule has 1 amide bonds. The fraction of sp³-hybridized carbons (Fsp3) is 0.150. The number of amides is 1. The lowest BCUT2D eigenvalue weighted by Crippen LogP contribution is -2.31. The third-order valence-electron chi connectivity index (χ3n) is 3.90. The van der Waals surface area contributed by atoms with Gasteiger partial charge in [0.15, 0.2) is 6.61 Å². The summed E-state index contributed by atoms with van der Waals surface area (Å²) in [7, 11) is 0. The van der Waals surface area contributed by atoms with Crippen molar-refractivity contribution >= 4 is 44.2 Å². The molecule has 0 radical (unpaired) electrons. The topological polar surface area (TPSA) is 38.3 Å². The van der Waals surface area contributed by atoms with Crippen LogP contribution in [0.25, 0.3) is 10.8 Å². The Bertz CT molecular complexity index is 913. The van der Waals surface area contributed by atoms with Gasteiger partial charge in [0.1, 0.15) is 5.75 Å². The fourth-order valence-electron chi connectivity index (χ4n) is 2.58. The average molecular weight is 419 g/mol. The minimum absolute atomic E-state index is 0.0574. The molecule has 0 aliphatic carbocycles. The molecule has 0 aliphatic rings. The van der Waals surface area contributed by atoms with Crippen LogP contribution in [-0.4, -0.2) is 12.5 Å². The molecular formula is C20H17BrClNO2. The molecule has 0 fully saturated rings. The van der Waals surface area contributed by atoms with E-state index in [1.165, 1.54) is 5.39 Å². The van der Waals surface area contributed by atoms with Crippen molar-refractivity contribution in [1.29, 1.82) is 0 Å². The summed E-state index contributed by atoms with van der Waals surface area (Å²) in [6.07, 6.45) is 0. The Balaban J connectivity index is 1.61. The lowest BCUT2D eigenvalue weighted by atomic mass is 10.0. The first-order valence-electron chi connectivity index (χ1n) is 7.89. The third-order valence-corrected chi connectivity index (χ3v) is 4.76. The molecule has 3 aromatic rings. The standard InChI is InChI=1S/C20H17BrClNO2/c1-13(15-7-6-14-4-2-3-5-16(14)10-15)23-20(24)12-25-19-9-8-17(22)11-18(19)21/h2-11,13H,12H2,1H3,(H,23,24). The Morgan fingerprint density at radius 1 is 1.12 bits per heavy atom. The van der Waals surface area contributed by atoms with E-state index < -0.39 is 0 Å². The van der Waals surface area contributed by atoms with Crippen LogP contribution in [0, 0.1) is 0 Å². The monoisotopic (exact) mass is 417 g/mol. The summed E-state index contributed by atoms with van der Waals surface area (Å²) in [5, 5.41) is 5.90. The highest BCUT2D eigenvalue weighted by Gasteiger charge is 2.11. The number of carbonyl (C=O) groups is 1. The van der Waals surface area contributed by atoms with Crippen molar-refractivity contribution in [3.63, 3.8) is 0 Å². The SMILES string of the molecule is CC(NC(=O)COc1ccc(Cl)cc1Br)c1ccc2ccccc2c1. The second kappa shape index (κ2) is 7.89. The van der Waals surface area contributed by atoms with E-state index >= 15 is 0 Å². The number of hydrogen-bond acceptors (Lipinski definition) is 2. The number of benzene rings is 3. The number of nitrogens with one attached hydrogen (secondary N) is 1. The molecule has 3 nitrogen and oxygen atoms in total. The smallest absolute Gasteiger partial charge is 0.258 e.